The van der Waals surface area contributed by atoms with Crippen molar-refractivity contribution in [2.45, 2.75) is 33.7 Å². The number of carbonyl (C=O) groups excluding carboxylic acids is 1. The van der Waals surface area contributed by atoms with Gasteiger partial charge in [-0.3, -0.25) is 9.69 Å². The Balaban J connectivity index is 2.02. The highest BCUT2D eigenvalue weighted by Crippen LogP contribution is 2.16. The normalized spacial score (nSPS) is 25.0. The molecular formula is C18H28N2O. The fraction of sp³-hybridized carbons (Fsp3) is 0.611. The summed E-state index contributed by atoms with van der Waals surface area (Å²) in [6, 6.07) is 10.7. The minimum absolute atomic E-state index is 0.213. The summed E-state index contributed by atoms with van der Waals surface area (Å²) >= 11 is 0. The Labute approximate surface area is 128 Å². The molecule has 1 saturated heterocycles. The summed E-state index contributed by atoms with van der Waals surface area (Å²) in [4.78, 5) is 16.3. The smallest absolute Gasteiger partial charge is 0.219 e. The molecule has 1 aliphatic heterocycles. The van der Waals surface area contributed by atoms with Crippen molar-refractivity contribution in [2.75, 3.05) is 26.2 Å². The van der Waals surface area contributed by atoms with Gasteiger partial charge in [0.2, 0.25) is 5.91 Å². The van der Waals surface area contributed by atoms with Crippen LogP contribution in [-0.4, -0.2) is 41.9 Å². The maximum absolute atomic E-state index is 11.8. The Morgan fingerprint density at radius 2 is 1.76 bits per heavy atom. The van der Waals surface area contributed by atoms with Gasteiger partial charge in [0.1, 0.15) is 0 Å². The number of amides is 1. The molecule has 0 N–H and O–H groups in total. The highest BCUT2D eigenvalue weighted by atomic mass is 16.2. The third kappa shape index (κ3) is 5.16. The zero-order valence-corrected chi connectivity index (χ0v) is 13.6. The summed E-state index contributed by atoms with van der Waals surface area (Å²) in [7, 11) is 0. The molecular weight excluding hydrogens is 260 g/mol. The molecule has 1 heterocycles. The molecule has 21 heavy (non-hydrogen) atoms. The summed E-state index contributed by atoms with van der Waals surface area (Å²) in [5.74, 6) is 1.30. The van der Waals surface area contributed by atoms with Gasteiger partial charge >= 0.3 is 0 Å². The molecule has 0 aromatic heterocycles. The number of benzene rings is 1. The van der Waals surface area contributed by atoms with E-state index in [4.69, 9.17) is 0 Å². The predicted octanol–water partition coefficient (Wildman–Crippen LogP) is 3.01. The average Bonchev–Trinajstić information content (AvgIpc) is 2.50. The van der Waals surface area contributed by atoms with E-state index in [1.807, 2.05) is 4.90 Å². The SMILES string of the molecule is CC(=O)N1CC(C)CCN(Cc2ccccc2)CC(C)C1. The van der Waals surface area contributed by atoms with Crippen molar-refractivity contribution in [3.05, 3.63) is 35.9 Å². The van der Waals surface area contributed by atoms with Crippen LogP contribution in [0.3, 0.4) is 0 Å². The number of hydrogen-bond acceptors (Lipinski definition) is 2. The Bertz CT molecular complexity index is 446. The molecule has 0 bridgehead atoms. The van der Waals surface area contributed by atoms with Gasteiger partial charge in [-0.05, 0) is 30.4 Å². The van der Waals surface area contributed by atoms with E-state index in [-0.39, 0.29) is 5.91 Å². The second-order valence-corrected chi connectivity index (χ2v) is 6.64. The van der Waals surface area contributed by atoms with Gasteiger partial charge in [0.15, 0.2) is 0 Å². The van der Waals surface area contributed by atoms with Crippen molar-refractivity contribution in [2.24, 2.45) is 11.8 Å². The maximum atomic E-state index is 11.8. The zero-order chi connectivity index (χ0) is 15.2. The average molecular weight is 288 g/mol. The van der Waals surface area contributed by atoms with Crippen LogP contribution in [0, 0.1) is 11.8 Å². The Morgan fingerprint density at radius 3 is 2.43 bits per heavy atom. The van der Waals surface area contributed by atoms with Gasteiger partial charge in [-0.1, -0.05) is 44.2 Å². The van der Waals surface area contributed by atoms with Crippen LogP contribution in [0.2, 0.25) is 0 Å². The number of rotatable bonds is 2. The summed E-state index contributed by atoms with van der Waals surface area (Å²) in [6.07, 6.45) is 1.16. The number of nitrogens with zero attached hydrogens (tertiary/aromatic N) is 2. The second-order valence-electron chi connectivity index (χ2n) is 6.64. The Hall–Kier alpha value is -1.35. The molecule has 2 rings (SSSR count). The molecule has 0 radical (unpaired) electrons. The van der Waals surface area contributed by atoms with Crippen LogP contribution in [0.25, 0.3) is 0 Å². The second kappa shape index (κ2) is 7.60. The predicted molar refractivity (Wildman–Crippen MR) is 86.9 cm³/mol. The molecule has 1 fully saturated rings. The van der Waals surface area contributed by atoms with E-state index < -0.39 is 0 Å². The van der Waals surface area contributed by atoms with Crippen molar-refractivity contribution < 1.29 is 4.79 Å². The quantitative estimate of drug-likeness (QED) is 0.835. The van der Waals surface area contributed by atoms with E-state index in [9.17, 15) is 4.79 Å². The molecule has 2 atom stereocenters. The van der Waals surface area contributed by atoms with Crippen LogP contribution >= 0.6 is 0 Å². The Kier molecular flexibility index (Phi) is 5.80. The number of carbonyl (C=O) groups is 1. The van der Waals surface area contributed by atoms with E-state index in [2.05, 4.69) is 49.1 Å². The lowest BCUT2D eigenvalue weighted by Gasteiger charge is -2.27. The third-order valence-electron chi connectivity index (χ3n) is 4.27. The lowest BCUT2D eigenvalue weighted by Crippen LogP contribution is -2.37. The molecule has 1 aromatic rings. The largest absolute Gasteiger partial charge is 0.342 e. The van der Waals surface area contributed by atoms with Gasteiger partial charge in [-0.25, -0.2) is 0 Å². The molecule has 3 nitrogen and oxygen atoms in total. The summed E-state index contributed by atoms with van der Waals surface area (Å²) in [5.41, 5.74) is 1.38. The molecule has 3 heteroatoms. The van der Waals surface area contributed by atoms with Crippen molar-refractivity contribution in [3.8, 4) is 0 Å². The highest BCUT2D eigenvalue weighted by molar-refractivity contribution is 5.73. The minimum Gasteiger partial charge on any atom is -0.342 e. The van der Waals surface area contributed by atoms with Crippen LogP contribution in [0.1, 0.15) is 32.8 Å². The first kappa shape index (κ1) is 16.0. The van der Waals surface area contributed by atoms with Crippen LogP contribution in [0.15, 0.2) is 30.3 Å². The zero-order valence-electron chi connectivity index (χ0n) is 13.6. The monoisotopic (exact) mass is 288 g/mol. The fourth-order valence-electron chi connectivity index (χ4n) is 3.15. The van der Waals surface area contributed by atoms with Gasteiger partial charge in [0.05, 0.1) is 0 Å². The van der Waals surface area contributed by atoms with Gasteiger partial charge in [0.25, 0.3) is 0 Å². The van der Waals surface area contributed by atoms with E-state index in [1.165, 1.54) is 5.56 Å². The van der Waals surface area contributed by atoms with Crippen molar-refractivity contribution in [3.63, 3.8) is 0 Å². The van der Waals surface area contributed by atoms with Crippen LogP contribution in [0.4, 0.5) is 0 Å². The minimum atomic E-state index is 0.213. The van der Waals surface area contributed by atoms with Gasteiger partial charge < -0.3 is 4.90 Å². The number of hydrogen-bond donors (Lipinski definition) is 0. The van der Waals surface area contributed by atoms with Crippen molar-refractivity contribution >= 4 is 5.91 Å². The molecule has 116 valence electrons. The van der Waals surface area contributed by atoms with Gasteiger partial charge in [-0.15, -0.1) is 0 Å². The van der Waals surface area contributed by atoms with E-state index in [0.717, 1.165) is 39.1 Å². The lowest BCUT2D eigenvalue weighted by molar-refractivity contribution is -0.130. The molecule has 0 spiro atoms. The lowest BCUT2D eigenvalue weighted by atomic mass is 10.1. The summed E-state index contributed by atoms with van der Waals surface area (Å²) < 4.78 is 0. The molecule has 1 amide bonds. The van der Waals surface area contributed by atoms with Crippen LogP contribution < -0.4 is 0 Å². The highest BCUT2D eigenvalue weighted by Gasteiger charge is 2.21. The first-order valence-corrected chi connectivity index (χ1v) is 8.06. The molecule has 0 aliphatic carbocycles. The first-order valence-electron chi connectivity index (χ1n) is 8.06. The standard InChI is InChI=1S/C18H28N2O/c1-15-9-10-19(14-18-7-5-4-6-8-18)11-16(2)13-20(12-15)17(3)21/h4-8,15-16H,9-14H2,1-3H3. The molecule has 2 unspecified atom stereocenters. The van der Waals surface area contributed by atoms with Gasteiger partial charge in [-0.2, -0.15) is 0 Å². The Morgan fingerprint density at radius 1 is 1.10 bits per heavy atom. The summed E-state index contributed by atoms with van der Waals surface area (Å²) in [6.45, 7) is 11.2. The molecule has 1 aromatic carbocycles. The van der Waals surface area contributed by atoms with Crippen LogP contribution in [0.5, 0.6) is 0 Å². The summed E-state index contributed by atoms with van der Waals surface area (Å²) in [5, 5.41) is 0. The van der Waals surface area contributed by atoms with E-state index >= 15 is 0 Å². The van der Waals surface area contributed by atoms with Crippen molar-refractivity contribution in [1.82, 2.24) is 9.80 Å². The molecule has 1 aliphatic rings. The first-order chi connectivity index (χ1) is 10.0. The van der Waals surface area contributed by atoms with Crippen LogP contribution in [-0.2, 0) is 11.3 Å². The van der Waals surface area contributed by atoms with E-state index in [1.54, 1.807) is 6.92 Å². The third-order valence-corrected chi connectivity index (χ3v) is 4.27. The van der Waals surface area contributed by atoms with Crippen molar-refractivity contribution in [1.29, 1.82) is 0 Å². The van der Waals surface area contributed by atoms with Gasteiger partial charge in [0, 0.05) is 33.1 Å². The molecule has 0 saturated carbocycles. The maximum Gasteiger partial charge on any atom is 0.219 e. The fourth-order valence-corrected chi connectivity index (χ4v) is 3.15. The topological polar surface area (TPSA) is 23.6 Å². The van der Waals surface area contributed by atoms with E-state index in [0.29, 0.717) is 11.8 Å².